The summed E-state index contributed by atoms with van der Waals surface area (Å²) in [5.41, 5.74) is 1.93. The molecule has 0 spiro atoms. The molecule has 1 aliphatic carbocycles. The third-order valence-corrected chi connectivity index (χ3v) is 4.53. The van der Waals surface area contributed by atoms with Crippen LogP contribution in [0.2, 0.25) is 0 Å². The van der Waals surface area contributed by atoms with E-state index in [-0.39, 0.29) is 5.91 Å². The average molecular weight is 323 g/mol. The molecule has 1 aromatic heterocycles. The number of carbonyl (C=O) groups excluding carboxylic acids is 1. The van der Waals surface area contributed by atoms with Crippen molar-refractivity contribution in [2.45, 2.75) is 44.6 Å². The van der Waals surface area contributed by atoms with Crippen molar-refractivity contribution in [1.82, 2.24) is 10.3 Å². The van der Waals surface area contributed by atoms with E-state index in [1.165, 1.54) is 24.8 Å². The van der Waals surface area contributed by atoms with Crippen LogP contribution in [0.4, 0.5) is 5.82 Å². The lowest BCUT2D eigenvalue weighted by atomic mass is 9.95. The summed E-state index contributed by atoms with van der Waals surface area (Å²) < 4.78 is 0. The fourth-order valence-corrected chi connectivity index (χ4v) is 3.13. The third-order valence-electron chi connectivity index (χ3n) is 4.53. The molecule has 1 aromatic carbocycles. The molecule has 1 heterocycles. The predicted molar refractivity (Wildman–Crippen MR) is 97.2 cm³/mol. The highest BCUT2D eigenvalue weighted by Gasteiger charge is 2.16. The number of nitrogens with one attached hydrogen (secondary N) is 2. The molecule has 3 rings (SSSR count). The average Bonchev–Trinajstić information content (AvgIpc) is 2.64. The molecule has 1 saturated carbocycles. The SMILES string of the molecule is O=C(NC1CCCCC1)c1ccc(NCCc2ccccc2)nc1. The highest BCUT2D eigenvalue weighted by Crippen LogP contribution is 2.18. The van der Waals surface area contributed by atoms with Crippen molar-refractivity contribution < 1.29 is 4.79 Å². The zero-order valence-electron chi connectivity index (χ0n) is 14.0. The number of anilines is 1. The summed E-state index contributed by atoms with van der Waals surface area (Å²) in [6, 6.07) is 14.4. The maximum absolute atomic E-state index is 12.3. The molecular weight excluding hydrogens is 298 g/mol. The maximum Gasteiger partial charge on any atom is 0.253 e. The largest absolute Gasteiger partial charge is 0.370 e. The highest BCUT2D eigenvalue weighted by atomic mass is 16.1. The van der Waals surface area contributed by atoms with Crippen molar-refractivity contribution in [3.8, 4) is 0 Å². The van der Waals surface area contributed by atoms with Gasteiger partial charge in [0.2, 0.25) is 0 Å². The summed E-state index contributed by atoms with van der Waals surface area (Å²) in [5.74, 6) is 0.797. The number of hydrogen-bond donors (Lipinski definition) is 2. The van der Waals surface area contributed by atoms with Crippen molar-refractivity contribution in [3.63, 3.8) is 0 Å². The molecule has 0 atom stereocenters. The van der Waals surface area contributed by atoms with E-state index in [4.69, 9.17) is 0 Å². The highest BCUT2D eigenvalue weighted by molar-refractivity contribution is 5.94. The molecular formula is C20H25N3O. The second-order valence-electron chi connectivity index (χ2n) is 6.40. The number of pyridine rings is 1. The van der Waals surface area contributed by atoms with Crippen molar-refractivity contribution >= 4 is 11.7 Å². The van der Waals surface area contributed by atoms with Gasteiger partial charge in [0.15, 0.2) is 0 Å². The van der Waals surface area contributed by atoms with E-state index in [0.717, 1.165) is 31.6 Å². The quantitative estimate of drug-likeness (QED) is 0.850. The first-order chi connectivity index (χ1) is 11.8. The molecule has 2 aromatic rings. The van der Waals surface area contributed by atoms with E-state index in [1.54, 1.807) is 6.20 Å². The summed E-state index contributed by atoms with van der Waals surface area (Å²) in [6.07, 6.45) is 8.52. The van der Waals surface area contributed by atoms with Gasteiger partial charge in [0.1, 0.15) is 5.82 Å². The van der Waals surface area contributed by atoms with Crippen LogP contribution in [0.1, 0.15) is 48.0 Å². The van der Waals surface area contributed by atoms with E-state index in [1.807, 2.05) is 30.3 Å². The molecule has 4 nitrogen and oxygen atoms in total. The van der Waals surface area contributed by atoms with Gasteiger partial charge in [-0.05, 0) is 37.0 Å². The lowest BCUT2D eigenvalue weighted by Crippen LogP contribution is -2.36. The molecule has 0 saturated heterocycles. The Morgan fingerprint density at radius 3 is 2.54 bits per heavy atom. The van der Waals surface area contributed by atoms with Crippen molar-refractivity contribution in [2.24, 2.45) is 0 Å². The minimum Gasteiger partial charge on any atom is -0.370 e. The number of benzene rings is 1. The van der Waals surface area contributed by atoms with Crippen molar-refractivity contribution in [2.75, 3.05) is 11.9 Å². The van der Waals surface area contributed by atoms with Gasteiger partial charge in [-0.3, -0.25) is 4.79 Å². The van der Waals surface area contributed by atoms with Crippen LogP contribution >= 0.6 is 0 Å². The fraction of sp³-hybridized carbons (Fsp3) is 0.400. The second-order valence-corrected chi connectivity index (χ2v) is 6.40. The van der Waals surface area contributed by atoms with Crippen LogP contribution in [0.5, 0.6) is 0 Å². The minimum atomic E-state index is -0.00904. The summed E-state index contributed by atoms with van der Waals surface area (Å²) in [6.45, 7) is 0.824. The van der Waals surface area contributed by atoms with E-state index in [0.29, 0.717) is 11.6 Å². The molecule has 126 valence electrons. The van der Waals surface area contributed by atoms with E-state index in [9.17, 15) is 4.79 Å². The first kappa shape index (κ1) is 16.5. The summed E-state index contributed by atoms with van der Waals surface area (Å²) in [4.78, 5) is 16.6. The lowest BCUT2D eigenvalue weighted by Gasteiger charge is -2.22. The van der Waals surface area contributed by atoms with Gasteiger partial charge in [-0.1, -0.05) is 49.6 Å². The van der Waals surface area contributed by atoms with Crippen LogP contribution in [0.25, 0.3) is 0 Å². The zero-order chi connectivity index (χ0) is 16.6. The smallest absolute Gasteiger partial charge is 0.253 e. The van der Waals surface area contributed by atoms with E-state index >= 15 is 0 Å². The summed E-state index contributed by atoms with van der Waals surface area (Å²) >= 11 is 0. The predicted octanol–water partition coefficient (Wildman–Crippen LogP) is 3.80. The Morgan fingerprint density at radius 2 is 1.83 bits per heavy atom. The fourth-order valence-electron chi connectivity index (χ4n) is 3.13. The van der Waals surface area contributed by atoms with Crippen LogP contribution in [0.3, 0.4) is 0 Å². The van der Waals surface area contributed by atoms with Crippen LogP contribution in [0.15, 0.2) is 48.7 Å². The summed E-state index contributed by atoms with van der Waals surface area (Å²) in [7, 11) is 0. The van der Waals surface area contributed by atoms with Crippen LogP contribution in [-0.2, 0) is 6.42 Å². The monoisotopic (exact) mass is 323 g/mol. The van der Waals surface area contributed by atoms with Crippen LogP contribution in [0, 0.1) is 0 Å². The van der Waals surface area contributed by atoms with Crippen LogP contribution in [-0.4, -0.2) is 23.5 Å². The van der Waals surface area contributed by atoms with Crippen LogP contribution < -0.4 is 10.6 Å². The number of amides is 1. The van der Waals surface area contributed by atoms with Gasteiger partial charge in [0.25, 0.3) is 5.91 Å². The van der Waals surface area contributed by atoms with Gasteiger partial charge in [-0.15, -0.1) is 0 Å². The molecule has 1 amide bonds. The second kappa shape index (κ2) is 8.48. The first-order valence-corrected chi connectivity index (χ1v) is 8.86. The molecule has 0 aliphatic heterocycles. The Balaban J connectivity index is 1.46. The summed E-state index contributed by atoms with van der Waals surface area (Å²) in [5, 5.41) is 6.42. The van der Waals surface area contributed by atoms with Gasteiger partial charge in [-0.2, -0.15) is 0 Å². The standard InChI is InChI=1S/C20H25N3O/c24-20(23-18-9-5-2-6-10-18)17-11-12-19(22-15-17)21-14-13-16-7-3-1-4-8-16/h1,3-4,7-8,11-12,15,18H,2,5-6,9-10,13-14H2,(H,21,22)(H,23,24). The van der Waals surface area contributed by atoms with Gasteiger partial charge in [0, 0.05) is 18.8 Å². The molecule has 1 fully saturated rings. The Kier molecular flexibility index (Phi) is 5.83. The molecule has 2 N–H and O–H groups in total. The molecule has 24 heavy (non-hydrogen) atoms. The lowest BCUT2D eigenvalue weighted by molar-refractivity contribution is 0.0927. The number of hydrogen-bond acceptors (Lipinski definition) is 3. The van der Waals surface area contributed by atoms with Crippen molar-refractivity contribution in [1.29, 1.82) is 0 Å². The number of carbonyl (C=O) groups is 1. The topological polar surface area (TPSA) is 54.0 Å². The van der Waals surface area contributed by atoms with Gasteiger partial charge in [0.05, 0.1) is 5.56 Å². The Labute approximate surface area is 143 Å². The zero-order valence-corrected chi connectivity index (χ0v) is 14.0. The number of nitrogens with zero attached hydrogens (tertiary/aromatic N) is 1. The Bertz CT molecular complexity index is 634. The maximum atomic E-state index is 12.3. The van der Waals surface area contributed by atoms with Gasteiger partial charge in [-0.25, -0.2) is 4.98 Å². The normalized spacial score (nSPS) is 15.0. The van der Waals surface area contributed by atoms with E-state index in [2.05, 4.69) is 27.8 Å². The Hall–Kier alpha value is -2.36. The number of rotatable bonds is 6. The van der Waals surface area contributed by atoms with Gasteiger partial charge < -0.3 is 10.6 Å². The molecule has 4 heteroatoms. The third kappa shape index (κ3) is 4.82. The molecule has 0 unspecified atom stereocenters. The number of aromatic nitrogens is 1. The van der Waals surface area contributed by atoms with E-state index < -0.39 is 0 Å². The molecule has 0 bridgehead atoms. The molecule has 0 radical (unpaired) electrons. The first-order valence-electron chi connectivity index (χ1n) is 8.86. The Morgan fingerprint density at radius 1 is 1.04 bits per heavy atom. The van der Waals surface area contributed by atoms with Gasteiger partial charge >= 0.3 is 0 Å². The molecule has 1 aliphatic rings. The van der Waals surface area contributed by atoms with Crippen molar-refractivity contribution in [3.05, 3.63) is 59.8 Å². The minimum absolute atomic E-state index is 0.00904.